The lowest BCUT2D eigenvalue weighted by Crippen LogP contribution is -1.92. The zero-order chi connectivity index (χ0) is 16.1. The molecule has 0 spiro atoms. The van der Waals surface area contributed by atoms with Gasteiger partial charge in [0.25, 0.3) is 0 Å². The molecule has 0 unspecified atom stereocenters. The highest BCUT2D eigenvalue weighted by molar-refractivity contribution is 5.25. The second kappa shape index (κ2) is 12.2. The third kappa shape index (κ3) is 7.70. The van der Waals surface area contributed by atoms with Crippen LogP contribution in [0.25, 0.3) is 0 Å². The summed E-state index contributed by atoms with van der Waals surface area (Å²) in [7, 11) is 0. The first-order valence-corrected chi connectivity index (χ1v) is 8.41. The van der Waals surface area contributed by atoms with Gasteiger partial charge in [0.05, 0.1) is 0 Å². The molecule has 116 valence electrons. The first-order chi connectivity index (χ1) is 10.3. The van der Waals surface area contributed by atoms with Gasteiger partial charge in [-0.05, 0) is 42.9 Å². The average molecular weight is 284 g/mol. The van der Waals surface area contributed by atoms with Crippen LogP contribution in [0.15, 0.2) is 48.5 Å². The normalized spacial score (nSPS) is 9.05. The molecule has 0 saturated carbocycles. The molecule has 0 N–H and O–H groups in total. The molecule has 0 bridgehead atoms. The summed E-state index contributed by atoms with van der Waals surface area (Å²) in [4.78, 5) is 0. The predicted octanol–water partition coefficient (Wildman–Crippen LogP) is 6.40. The minimum Gasteiger partial charge on any atom is -0.0683 e. The highest BCUT2D eigenvalue weighted by Gasteiger charge is 1.96. The van der Waals surface area contributed by atoms with E-state index >= 15 is 0 Å². The van der Waals surface area contributed by atoms with E-state index in [1.54, 1.807) is 0 Å². The summed E-state index contributed by atoms with van der Waals surface area (Å²) in [5.41, 5.74) is 5.61. The van der Waals surface area contributed by atoms with Gasteiger partial charge in [0, 0.05) is 0 Å². The first-order valence-electron chi connectivity index (χ1n) is 8.41. The maximum atomic E-state index is 2.26. The first kappa shape index (κ1) is 19.4. The van der Waals surface area contributed by atoms with Crippen LogP contribution >= 0.6 is 0 Å². The summed E-state index contributed by atoms with van der Waals surface area (Å²) < 4.78 is 0. The molecule has 0 heteroatoms. The molecule has 21 heavy (non-hydrogen) atoms. The van der Waals surface area contributed by atoms with Gasteiger partial charge in [-0.1, -0.05) is 88.7 Å². The Hall–Kier alpha value is -1.56. The van der Waals surface area contributed by atoms with Gasteiger partial charge < -0.3 is 0 Å². The van der Waals surface area contributed by atoms with E-state index in [9.17, 15) is 0 Å². The minimum absolute atomic E-state index is 1.12. The molecule has 2 aromatic rings. The fraction of sp³-hybridized carbons (Fsp3) is 0.429. The van der Waals surface area contributed by atoms with E-state index in [2.05, 4.69) is 62.4 Å². The van der Waals surface area contributed by atoms with Crippen molar-refractivity contribution in [2.24, 2.45) is 0 Å². The van der Waals surface area contributed by atoms with Crippen molar-refractivity contribution in [3.05, 3.63) is 70.8 Å². The maximum Gasteiger partial charge on any atom is -0.0238 e. The van der Waals surface area contributed by atoms with E-state index in [-0.39, 0.29) is 0 Å². The van der Waals surface area contributed by atoms with Crippen LogP contribution in [-0.4, -0.2) is 0 Å². The molecule has 0 radical (unpaired) electrons. The summed E-state index contributed by atoms with van der Waals surface area (Å²) in [5, 5.41) is 0. The van der Waals surface area contributed by atoms with E-state index in [1.165, 1.54) is 22.3 Å². The van der Waals surface area contributed by atoms with Gasteiger partial charge in [-0.3, -0.25) is 0 Å². The van der Waals surface area contributed by atoms with Crippen LogP contribution in [-0.2, 0) is 19.3 Å². The Kier molecular flexibility index (Phi) is 11.3. The second-order valence-electron chi connectivity index (χ2n) is 4.66. The van der Waals surface area contributed by atoms with Crippen LogP contribution in [0.1, 0.15) is 56.9 Å². The van der Waals surface area contributed by atoms with Crippen LogP contribution in [0.4, 0.5) is 0 Å². The summed E-state index contributed by atoms with van der Waals surface area (Å²) in [6.45, 7) is 12.3. The van der Waals surface area contributed by atoms with E-state index in [0.29, 0.717) is 0 Å². The van der Waals surface area contributed by atoms with Crippen molar-refractivity contribution in [3.63, 3.8) is 0 Å². The van der Waals surface area contributed by atoms with Gasteiger partial charge in [0.2, 0.25) is 0 Å². The van der Waals surface area contributed by atoms with Gasteiger partial charge in [0.1, 0.15) is 0 Å². The van der Waals surface area contributed by atoms with Gasteiger partial charge in [0.15, 0.2) is 0 Å². The summed E-state index contributed by atoms with van der Waals surface area (Å²) in [6, 6.07) is 17.8. The molecule has 0 amide bonds. The van der Waals surface area contributed by atoms with Crippen LogP contribution in [0.2, 0.25) is 0 Å². The SMILES string of the molecule is CC.CC.CCc1ccc(CCc2ccc(C)cc2)cc1. The van der Waals surface area contributed by atoms with E-state index < -0.39 is 0 Å². The Bertz CT molecular complexity index is 448. The molecule has 0 atom stereocenters. The fourth-order valence-corrected chi connectivity index (χ4v) is 1.99. The minimum atomic E-state index is 1.12. The van der Waals surface area contributed by atoms with Crippen LogP contribution in [0.3, 0.4) is 0 Å². The smallest absolute Gasteiger partial charge is 0.0238 e. The Morgan fingerprint density at radius 2 is 0.905 bits per heavy atom. The lowest BCUT2D eigenvalue weighted by atomic mass is 10.0. The second-order valence-corrected chi connectivity index (χ2v) is 4.66. The van der Waals surface area contributed by atoms with Crippen molar-refractivity contribution in [3.8, 4) is 0 Å². The van der Waals surface area contributed by atoms with Gasteiger partial charge in [-0.25, -0.2) is 0 Å². The average Bonchev–Trinajstić information content (AvgIpc) is 2.58. The number of aryl methyl sites for hydroxylation is 4. The van der Waals surface area contributed by atoms with Gasteiger partial charge in [-0.15, -0.1) is 0 Å². The molecule has 0 aliphatic carbocycles. The van der Waals surface area contributed by atoms with Crippen molar-refractivity contribution in [1.82, 2.24) is 0 Å². The topological polar surface area (TPSA) is 0 Å². The standard InChI is InChI=1S/C17H20.2C2H6/c1-3-15-8-10-17(11-9-15)13-12-16-6-4-14(2)5-7-16;2*1-2/h4-11H,3,12-13H2,1-2H3;2*1-2H3. The predicted molar refractivity (Wildman–Crippen MR) is 97.1 cm³/mol. The zero-order valence-corrected chi connectivity index (χ0v) is 14.7. The molecule has 0 aromatic heterocycles. The molecule has 2 rings (SSSR count). The third-order valence-electron chi connectivity index (χ3n) is 3.25. The van der Waals surface area contributed by atoms with Crippen LogP contribution in [0, 0.1) is 6.92 Å². The quantitative estimate of drug-likeness (QED) is 0.609. The summed E-state index contributed by atoms with van der Waals surface area (Å²) >= 11 is 0. The number of hydrogen-bond donors (Lipinski definition) is 0. The number of hydrogen-bond acceptors (Lipinski definition) is 0. The van der Waals surface area contributed by atoms with Crippen LogP contribution < -0.4 is 0 Å². The largest absolute Gasteiger partial charge is 0.0683 e. The van der Waals surface area contributed by atoms with E-state index in [0.717, 1.165) is 19.3 Å². The molecule has 0 heterocycles. The summed E-state index contributed by atoms with van der Waals surface area (Å²) in [6.07, 6.45) is 3.39. The lowest BCUT2D eigenvalue weighted by Gasteiger charge is -2.04. The molecule has 0 saturated heterocycles. The Labute approximate surface area is 132 Å². The molecule has 0 aliphatic heterocycles. The highest BCUT2D eigenvalue weighted by Crippen LogP contribution is 2.10. The van der Waals surface area contributed by atoms with Gasteiger partial charge >= 0.3 is 0 Å². The van der Waals surface area contributed by atoms with Crippen LogP contribution in [0.5, 0.6) is 0 Å². The van der Waals surface area contributed by atoms with Crippen molar-refractivity contribution in [2.45, 2.75) is 60.8 Å². The highest BCUT2D eigenvalue weighted by atomic mass is 14.0. The number of benzene rings is 2. The van der Waals surface area contributed by atoms with Crippen molar-refractivity contribution < 1.29 is 0 Å². The monoisotopic (exact) mass is 284 g/mol. The van der Waals surface area contributed by atoms with Crippen molar-refractivity contribution >= 4 is 0 Å². The molecule has 0 aliphatic rings. The molecular formula is C21H32. The molecule has 0 nitrogen and oxygen atoms in total. The van der Waals surface area contributed by atoms with E-state index in [4.69, 9.17) is 0 Å². The Balaban J connectivity index is 0.000000921. The Morgan fingerprint density at radius 3 is 1.29 bits per heavy atom. The lowest BCUT2D eigenvalue weighted by molar-refractivity contribution is 0.956. The number of rotatable bonds is 4. The van der Waals surface area contributed by atoms with Crippen molar-refractivity contribution in [2.75, 3.05) is 0 Å². The van der Waals surface area contributed by atoms with Gasteiger partial charge in [-0.2, -0.15) is 0 Å². The van der Waals surface area contributed by atoms with Crippen molar-refractivity contribution in [1.29, 1.82) is 0 Å². The molecule has 2 aromatic carbocycles. The van der Waals surface area contributed by atoms with E-state index in [1.807, 2.05) is 27.7 Å². The molecule has 0 fully saturated rings. The zero-order valence-electron chi connectivity index (χ0n) is 14.7. The Morgan fingerprint density at radius 1 is 0.571 bits per heavy atom. The molecular weight excluding hydrogens is 252 g/mol. The maximum absolute atomic E-state index is 2.26. The third-order valence-corrected chi connectivity index (χ3v) is 3.25. The fourth-order valence-electron chi connectivity index (χ4n) is 1.99. The summed E-state index contributed by atoms with van der Waals surface area (Å²) in [5.74, 6) is 0.